The van der Waals surface area contributed by atoms with Gasteiger partial charge in [0.1, 0.15) is 0 Å². The lowest BCUT2D eigenvalue weighted by atomic mass is 10.6. The van der Waals surface area contributed by atoms with Crippen molar-refractivity contribution in [1.82, 2.24) is 9.13 Å². The van der Waals surface area contributed by atoms with Crippen molar-refractivity contribution >= 4 is 0 Å². The lowest BCUT2D eigenvalue weighted by Gasteiger charge is -1.93. The molecular formula is C9H12N2O. The topological polar surface area (TPSA) is 26.9 Å². The summed E-state index contributed by atoms with van der Waals surface area (Å²) in [6.07, 6.45) is 3.54. The van der Waals surface area contributed by atoms with E-state index in [4.69, 9.17) is 0 Å². The second-order valence-electron chi connectivity index (χ2n) is 2.42. The van der Waals surface area contributed by atoms with E-state index in [9.17, 15) is 4.79 Å². The molecule has 0 atom stereocenters. The summed E-state index contributed by atoms with van der Waals surface area (Å²) >= 11 is 0. The Morgan fingerprint density at radius 1 is 1.42 bits per heavy atom. The highest BCUT2D eigenvalue weighted by Gasteiger charge is 1.97. The fourth-order valence-electron chi connectivity index (χ4n) is 0.979. The summed E-state index contributed by atoms with van der Waals surface area (Å²) in [5.74, 6) is 5.59. The molecule has 0 unspecified atom stereocenters. The molecule has 0 aliphatic carbocycles. The lowest BCUT2D eigenvalue weighted by Crippen LogP contribution is -2.22. The van der Waals surface area contributed by atoms with Crippen LogP contribution in [0, 0.1) is 11.8 Å². The van der Waals surface area contributed by atoms with Crippen LogP contribution in [0.5, 0.6) is 0 Å². The van der Waals surface area contributed by atoms with E-state index < -0.39 is 0 Å². The number of imidazole rings is 1. The molecule has 0 fully saturated rings. The molecule has 3 heteroatoms. The van der Waals surface area contributed by atoms with E-state index in [-0.39, 0.29) is 5.69 Å². The third kappa shape index (κ3) is 1.59. The van der Waals surface area contributed by atoms with Crippen molar-refractivity contribution < 1.29 is 0 Å². The molecule has 1 rings (SSSR count). The SMILES string of the molecule is CC#CCn1ccn(CC)c1=O. The zero-order valence-electron chi connectivity index (χ0n) is 7.37. The van der Waals surface area contributed by atoms with E-state index in [0.717, 1.165) is 0 Å². The van der Waals surface area contributed by atoms with E-state index in [0.29, 0.717) is 13.1 Å². The Morgan fingerprint density at radius 3 is 2.58 bits per heavy atom. The minimum atomic E-state index is 0.0141. The first-order chi connectivity index (χ1) is 5.79. The number of nitrogens with zero attached hydrogens (tertiary/aromatic N) is 2. The fraction of sp³-hybridized carbons (Fsp3) is 0.444. The zero-order chi connectivity index (χ0) is 8.97. The van der Waals surface area contributed by atoms with Crippen LogP contribution in [0.25, 0.3) is 0 Å². The summed E-state index contributed by atoms with van der Waals surface area (Å²) in [7, 11) is 0. The molecule has 64 valence electrons. The first-order valence-corrected chi connectivity index (χ1v) is 3.94. The van der Waals surface area contributed by atoms with Gasteiger partial charge in [0.25, 0.3) is 0 Å². The smallest absolute Gasteiger partial charge is 0.299 e. The van der Waals surface area contributed by atoms with Gasteiger partial charge < -0.3 is 0 Å². The maximum absolute atomic E-state index is 11.4. The Kier molecular flexibility index (Phi) is 2.76. The Morgan fingerprint density at radius 2 is 2.08 bits per heavy atom. The van der Waals surface area contributed by atoms with Crippen LogP contribution in [-0.2, 0) is 13.1 Å². The van der Waals surface area contributed by atoms with E-state index in [1.165, 1.54) is 0 Å². The van der Waals surface area contributed by atoms with Crippen molar-refractivity contribution in [1.29, 1.82) is 0 Å². The second kappa shape index (κ2) is 3.82. The minimum Gasteiger partial charge on any atom is -0.299 e. The van der Waals surface area contributed by atoms with Crippen LogP contribution in [0.2, 0.25) is 0 Å². The van der Waals surface area contributed by atoms with Gasteiger partial charge in [-0.2, -0.15) is 0 Å². The van der Waals surface area contributed by atoms with Gasteiger partial charge in [0, 0.05) is 18.9 Å². The van der Waals surface area contributed by atoms with Crippen molar-refractivity contribution in [3.8, 4) is 11.8 Å². The Bertz CT molecular complexity index is 362. The molecule has 1 heterocycles. The number of rotatable bonds is 2. The molecule has 1 aromatic heterocycles. The molecule has 1 aromatic rings. The summed E-state index contributed by atoms with van der Waals surface area (Å²) in [6.45, 7) is 4.91. The summed E-state index contributed by atoms with van der Waals surface area (Å²) in [4.78, 5) is 11.4. The Labute approximate surface area is 71.6 Å². The molecular weight excluding hydrogens is 152 g/mol. The first kappa shape index (κ1) is 8.66. The highest BCUT2D eigenvalue weighted by Crippen LogP contribution is 1.83. The maximum Gasteiger partial charge on any atom is 0.328 e. The standard InChI is InChI=1S/C9H12N2O/c1-3-5-6-11-8-7-10(4-2)9(11)12/h7-8H,4,6H2,1-2H3. The van der Waals surface area contributed by atoms with Crippen molar-refractivity contribution in [2.45, 2.75) is 26.9 Å². The number of aryl methyl sites for hydroxylation is 1. The van der Waals surface area contributed by atoms with E-state index in [2.05, 4.69) is 11.8 Å². The molecule has 0 aliphatic heterocycles. The molecule has 0 aliphatic rings. The maximum atomic E-state index is 11.4. The van der Waals surface area contributed by atoms with Crippen molar-refractivity contribution in [2.24, 2.45) is 0 Å². The normalized spacial score (nSPS) is 9.17. The van der Waals surface area contributed by atoms with E-state index >= 15 is 0 Å². The van der Waals surface area contributed by atoms with Gasteiger partial charge in [0.2, 0.25) is 0 Å². The number of hydrogen-bond donors (Lipinski definition) is 0. The summed E-state index contributed by atoms with van der Waals surface area (Å²) in [5, 5.41) is 0. The van der Waals surface area contributed by atoms with E-state index in [1.54, 1.807) is 28.5 Å². The summed E-state index contributed by atoms with van der Waals surface area (Å²) in [6, 6.07) is 0. The molecule has 0 aromatic carbocycles. The monoisotopic (exact) mass is 164 g/mol. The number of aromatic nitrogens is 2. The van der Waals surface area contributed by atoms with Crippen LogP contribution in [0.3, 0.4) is 0 Å². The van der Waals surface area contributed by atoms with Crippen LogP contribution < -0.4 is 5.69 Å². The van der Waals surface area contributed by atoms with Crippen molar-refractivity contribution in [3.05, 3.63) is 22.9 Å². The second-order valence-corrected chi connectivity index (χ2v) is 2.42. The predicted octanol–water partition coefficient (Wildman–Crippen LogP) is 0.693. The average molecular weight is 164 g/mol. The third-order valence-corrected chi connectivity index (χ3v) is 1.68. The van der Waals surface area contributed by atoms with Crippen LogP contribution in [-0.4, -0.2) is 9.13 Å². The molecule has 0 amide bonds. The van der Waals surface area contributed by atoms with Gasteiger partial charge in [-0.15, -0.1) is 5.92 Å². The highest BCUT2D eigenvalue weighted by atomic mass is 16.1. The number of hydrogen-bond acceptors (Lipinski definition) is 1. The molecule has 0 saturated carbocycles. The van der Waals surface area contributed by atoms with Crippen LogP contribution in [0.4, 0.5) is 0 Å². The van der Waals surface area contributed by atoms with E-state index in [1.807, 2.05) is 6.92 Å². The van der Waals surface area contributed by atoms with Gasteiger partial charge in [-0.05, 0) is 13.8 Å². The van der Waals surface area contributed by atoms with Crippen molar-refractivity contribution in [2.75, 3.05) is 0 Å². The molecule has 12 heavy (non-hydrogen) atoms. The predicted molar refractivity (Wildman–Crippen MR) is 47.8 cm³/mol. The summed E-state index contributed by atoms with van der Waals surface area (Å²) in [5.41, 5.74) is 0.0141. The van der Waals surface area contributed by atoms with Crippen LogP contribution >= 0.6 is 0 Å². The lowest BCUT2D eigenvalue weighted by molar-refractivity contribution is 0.679. The van der Waals surface area contributed by atoms with Gasteiger partial charge in [-0.25, -0.2) is 4.79 Å². The fourth-order valence-corrected chi connectivity index (χ4v) is 0.979. The molecule has 0 N–H and O–H groups in total. The van der Waals surface area contributed by atoms with Crippen LogP contribution in [0.1, 0.15) is 13.8 Å². The van der Waals surface area contributed by atoms with Gasteiger partial charge in [0.15, 0.2) is 0 Å². The molecule has 0 bridgehead atoms. The third-order valence-electron chi connectivity index (χ3n) is 1.68. The van der Waals surface area contributed by atoms with Crippen LogP contribution in [0.15, 0.2) is 17.2 Å². The molecule has 3 nitrogen and oxygen atoms in total. The van der Waals surface area contributed by atoms with Gasteiger partial charge in [-0.3, -0.25) is 9.13 Å². The zero-order valence-corrected chi connectivity index (χ0v) is 7.37. The summed E-state index contributed by atoms with van der Waals surface area (Å²) < 4.78 is 3.25. The molecule has 0 radical (unpaired) electrons. The Balaban J connectivity index is 2.92. The quantitative estimate of drug-likeness (QED) is 0.591. The van der Waals surface area contributed by atoms with Gasteiger partial charge in [-0.1, -0.05) is 5.92 Å². The minimum absolute atomic E-state index is 0.0141. The average Bonchev–Trinajstić information content (AvgIpc) is 2.43. The first-order valence-electron chi connectivity index (χ1n) is 3.94. The van der Waals surface area contributed by atoms with Gasteiger partial charge in [0.05, 0.1) is 6.54 Å². The highest BCUT2D eigenvalue weighted by molar-refractivity contribution is 4.97. The van der Waals surface area contributed by atoms with Crippen molar-refractivity contribution in [3.63, 3.8) is 0 Å². The Hall–Kier alpha value is -1.43. The molecule has 0 saturated heterocycles. The largest absolute Gasteiger partial charge is 0.328 e. The van der Waals surface area contributed by atoms with Gasteiger partial charge >= 0.3 is 5.69 Å². The molecule has 0 spiro atoms.